The number of anilines is 1. The maximum atomic E-state index is 12.1. The predicted octanol–water partition coefficient (Wildman–Crippen LogP) is 2.75. The van der Waals surface area contributed by atoms with Gasteiger partial charge in [0.05, 0.1) is 17.6 Å². The van der Waals surface area contributed by atoms with E-state index in [1.807, 2.05) is 38.1 Å². The molecule has 4 aliphatic rings. The second-order valence-corrected chi connectivity index (χ2v) is 8.57. The Morgan fingerprint density at radius 2 is 1.97 bits per heavy atom. The van der Waals surface area contributed by atoms with Crippen LogP contribution in [0.15, 0.2) is 33.7 Å². The van der Waals surface area contributed by atoms with E-state index in [2.05, 4.69) is 9.89 Å². The molecule has 1 aromatic carbocycles. The van der Waals surface area contributed by atoms with Gasteiger partial charge in [0.25, 0.3) is 11.8 Å². The number of fused-ring (bicyclic) bond motifs is 3. The van der Waals surface area contributed by atoms with Crippen molar-refractivity contribution in [2.24, 2.45) is 4.99 Å². The van der Waals surface area contributed by atoms with E-state index in [1.54, 1.807) is 0 Å². The van der Waals surface area contributed by atoms with Crippen molar-refractivity contribution >= 4 is 34.6 Å². The van der Waals surface area contributed by atoms with Crippen molar-refractivity contribution in [3.8, 4) is 17.2 Å². The van der Waals surface area contributed by atoms with Crippen molar-refractivity contribution < 1.29 is 28.4 Å². The molecule has 10 nitrogen and oxygen atoms in total. The zero-order chi connectivity index (χ0) is 24.5. The number of aromatic nitrogens is 1. The second-order valence-electron chi connectivity index (χ2n) is 8.57. The highest BCUT2D eigenvalue weighted by Crippen LogP contribution is 2.37. The summed E-state index contributed by atoms with van der Waals surface area (Å²) < 4.78 is 12.1. The van der Waals surface area contributed by atoms with Crippen molar-refractivity contribution in [3.05, 3.63) is 35.2 Å². The number of ether oxygens (including phenoxy) is 1. The summed E-state index contributed by atoms with van der Waals surface area (Å²) >= 11 is 0. The number of hydroxylamine groups is 2. The van der Waals surface area contributed by atoms with Crippen LogP contribution in [-0.2, 0) is 19.2 Å². The highest BCUT2D eigenvalue weighted by Gasteiger charge is 2.32. The van der Waals surface area contributed by atoms with Crippen LogP contribution in [0.5, 0.6) is 5.75 Å². The molecule has 0 bridgehead atoms. The lowest BCUT2D eigenvalue weighted by atomic mass is 10.1. The van der Waals surface area contributed by atoms with Crippen molar-refractivity contribution in [2.45, 2.75) is 39.5 Å². The van der Waals surface area contributed by atoms with Crippen LogP contribution < -0.4 is 15.0 Å². The standard InChI is InChI=1S/C25H26N4O6/c1-3-26-16-12-20-17(11-15(16)2)27-18-13-22-19(14-21(18)34-20)28(9-10-33-22)8-4-5-25(32)35-29-23(30)6-7-24(29)31/h11-14H,3-10H2,1-2H3. The molecule has 0 unspecified atom stereocenters. The van der Waals surface area contributed by atoms with E-state index in [1.165, 1.54) is 0 Å². The molecule has 0 aromatic heterocycles. The van der Waals surface area contributed by atoms with Gasteiger partial charge in [-0.2, -0.15) is 0 Å². The normalized spacial score (nSPS) is 16.2. The summed E-state index contributed by atoms with van der Waals surface area (Å²) in [5.41, 5.74) is 3.98. The fraction of sp³-hybridized carbons (Fsp3) is 0.400. The minimum absolute atomic E-state index is 0.0775. The SMILES string of the molecule is CCN=c1cc2oc3cc4c(cc3nc-2cc1C)OCCN4CCCC(=O)ON1C(=O)CCC1=O. The number of carbonyl (C=O) groups excluding carboxylic acids is 3. The van der Waals surface area contributed by atoms with Gasteiger partial charge < -0.3 is 18.9 Å². The van der Waals surface area contributed by atoms with E-state index in [4.69, 9.17) is 19.0 Å². The van der Waals surface area contributed by atoms with Crippen LogP contribution in [0.3, 0.4) is 0 Å². The fourth-order valence-corrected chi connectivity index (χ4v) is 4.33. The smallest absolute Gasteiger partial charge is 0.333 e. The molecule has 1 aliphatic carbocycles. The van der Waals surface area contributed by atoms with E-state index in [0.717, 1.165) is 22.3 Å². The maximum absolute atomic E-state index is 12.1. The summed E-state index contributed by atoms with van der Waals surface area (Å²) in [5, 5.41) is 1.47. The van der Waals surface area contributed by atoms with Crippen LogP contribution >= 0.6 is 0 Å². The maximum Gasteiger partial charge on any atom is 0.333 e. The minimum atomic E-state index is -0.602. The van der Waals surface area contributed by atoms with Gasteiger partial charge >= 0.3 is 5.97 Å². The summed E-state index contributed by atoms with van der Waals surface area (Å²) in [4.78, 5) is 51.7. The monoisotopic (exact) mass is 478 g/mol. The molecule has 1 saturated heterocycles. The fourth-order valence-electron chi connectivity index (χ4n) is 4.33. The Bertz CT molecular complexity index is 1350. The van der Waals surface area contributed by atoms with Gasteiger partial charge in [0.15, 0.2) is 11.3 Å². The Hall–Kier alpha value is -3.95. The second kappa shape index (κ2) is 9.36. The van der Waals surface area contributed by atoms with E-state index in [9.17, 15) is 14.4 Å². The first kappa shape index (κ1) is 22.8. The number of benzene rings is 2. The first-order chi connectivity index (χ1) is 16.9. The topological polar surface area (TPSA) is 115 Å². The van der Waals surface area contributed by atoms with Crippen LogP contribution in [0, 0.1) is 6.92 Å². The Labute approximate surface area is 201 Å². The summed E-state index contributed by atoms with van der Waals surface area (Å²) in [7, 11) is 0. The molecular formula is C25H26N4O6. The highest BCUT2D eigenvalue weighted by atomic mass is 16.7. The quantitative estimate of drug-likeness (QED) is 0.392. The van der Waals surface area contributed by atoms with Crippen LogP contribution in [0.25, 0.3) is 22.6 Å². The lowest BCUT2D eigenvalue weighted by Crippen LogP contribution is -2.34. The van der Waals surface area contributed by atoms with Gasteiger partial charge in [-0.05, 0) is 31.9 Å². The minimum Gasteiger partial charge on any atom is -0.489 e. The molecule has 0 spiro atoms. The number of amides is 2. The summed E-state index contributed by atoms with van der Waals surface area (Å²) in [6.45, 7) is 6.40. The van der Waals surface area contributed by atoms with Gasteiger partial charge in [-0.3, -0.25) is 14.6 Å². The first-order valence-corrected chi connectivity index (χ1v) is 11.8. The van der Waals surface area contributed by atoms with Crippen molar-refractivity contribution in [1.29, 1.82) is 0 Å². The highest BCUT2D eigenvalue weighted by molar-refractivity contribution is 6.01. The summed E-state index contributed by atoms with van der Waals surface area (Å²) in [5.74, 6) is -0.196. The molecule has 1 fully saturated rings. The van der Waals surface area contributed by atoms with Crippen LogP contribution in [0.4, 0.5) is 5.69 Å². The van der Waals surface area contributed by atoms with Crippen molar-refractivity contribution in [1.82, 2.24) is 10.0 Å². The number of rotatable bonds is 6. The third kappa shape index (κ3) is 4.55. The third-order valence-corrected chi connectivity index (χ3v) is 6.07. The molecule has 182 valence electrons. The van der Waals surface area contributed by atoms with E-state index < -0.39 is 17.8 Å². The molecular weight excluding hydrogens is 452 g/mol. The lowest BCUT2D eigenvalue weighted by molar-refractivity contribution is -0.197. The Morgan fingerprint density at radius 3 is 2.74 bits per heavy atom. The van der Waals surface area contributed by atoms with Crippen molar-refractivity contribution in [3.63, 3.8) is 0 Å². The van der Waals surface area contributed by atoms with Gasteiger partial charge in [0, 0.05) is 50.6 Å². The summed E-state index contributed by atoms with van der Waals surface area (Å²) in [6, 6.07) is 7.67. The van der Waals surface area contributed by atoms with Gasteiger partial charge in [0.2, 0.25) is 0 Å². The van der Waals surface area contributed by atoms with Crippen molar-refractivity contribution in [2.75, 3.05) is 31.1 Å². The van der Waals surface area contributed by atoms with E-state index in [0.29, 0.717) is 60.3 Å². The number of aryl methyl sites for hydroxylation is 1. The average Bonchev–Trinajstić information content (AvgIpc) is 3.14. The molecule has 1 aromatic rings. The first-order valence-electron chi connectivity index (χ1n) is 11.8. The molecule has 0 saturated carbocycles. The number of hydrogen-bond donors (Lipinski definition) is 0. The van der Waals surface area contributed by atoms with E-state index in [-0.39, 0.29) is 19.3 Å². The summed E-state index contributed by atoms with van der Waals surface area (Å²) in [6.07, 6.45) is 0.722. The zero-order valence-corrected chi connectivity index (χ0v) is 19.7. The number of imide groups is 1. The Morgan fingerprint density at radius 1 is 1.17 bits per heavy atom. The molecule has 0 N–H and O–H groups in total. The lowest BCUT2D eigenvalue weighted by Gasteiger charge is -2.31. The third-order valence-electron chi connectivity index (χ3n) is 6.07. The zero-order valence-electron chi connectivity index (χ0n) is 19.7. The molecule has 10 heteroatoms. The number of hydrogen-bond acceptors (Lipinski definition) is 9. The van der Waals surface area contributed by atoms with Crippen LogP contribution in [-0.4, -0.2) is 54.1 Å². The Balaban J connectivity index is 1.34. The predicted molar refractivity (Wildman–Crippen MR) is 126 cm³/mol. The number of carbonyl (C=O) groups is 3. The van der Waals surface area contributed by atoms with Crippen LogP contribution in [0.1, 0.15) is 38.2 Å². The van der Waals surface area contributed by atoms with Gasteiger partial charge in [0.1, 0.15) is 23.6 Å². The molecule has 35 heavy (non-hydrogen) atoms. The number of nitrogens with zero attached hydrogens (tertiary/aromatic N) is 4. The van der Waals surface area contributed by atoms with Gasteiger partial charge in [-0.15, -0.1) is 5.06 Å². The van der Waals surface area contributed by atoms with Gasteiger partial charge in [-0.25, -0.2) is 9.78 Å². The molecule has 0 radical (unpaired) electrons. The molecule has 3 heterocycles. The van der Waals surface area contributed by atoms with Crippen LogP contribution in [0.2, 0.25) is 0 Å². The molecule has 2 amide bonds. The molecule has 5 rings (SSSR count). The molecule has 3 aliphatic heterocycles. The average molecular weight is 479 g/mol. The van der Waals surface area contributed by atoms with E-state index >= 15 is 0 Å². The Kier molecular flexibility index (Phi) is 6.10. The molecule has 0 atom stereocenters. The largest absolute Gasteiger partial charge is 0.489 e. The van der Waals surface area contributed by atoms with Gasteiger partial charge in [-0.1, -0.05) is 0 Å².